The predicted octanol–water partition coefficient (Wildman–Crippen LogP) is 1.18. The molecule has 0 saturated heterocycles. The molecule has 1 rings (SSSR count). The number of likely N-dealkylation sites (N-methyl/N-ethyl adjacent to an activating group) is 1. The molecule has 0 aliphatic heterocycles. The summed E-state index contributed by atoms with van der Waals surface area (Å²) in [6, 6.07) is 4.18. The summed E-state index contributed by atoms with van der Waals surface area (Å²) in [5.74, 6) is -0.846. The Morgan fingerprint density at radius 3 is 2.65 bits per heavy atom. The second kappa shape index (κ2) is 4.94. The molecule has 0 saturated carbocycles. The van der Waals surface area contributed by atoms with Crippen LogP contribution in [0.1, 0.15) is 5.76 Å². The third kappa shape index (κ3) is 2.92. The molecule has 1 heterocycles. The zero-order chi connectivity index (χ0) is 13.0. The Hall–Kier alpha value is -2.62. The number of carbonyl (C=O) groups excluding carboxylic acids is 1. The number of hydrogen-bond acceptors (Lipinski definition) is 5. The average molecular weight is 235 g/mol. The highest BCUT2D eigenvalue weighted by Gasteiger charge is 2.14. The first-order valence-corrected chi connectivity index (χ1v) is 4.53. The number of nitrogens with zero attached hydrogens (tertiary/aromatic N) is 3. The summed E-state index contributed by atoms with van der Waals surface area (Å²) >= 11 is 0. The molecule has 0 aromatic carbocycles. The normalized spacial score (nSPS) is 10.8. The van der Waals surface area contributed by atoms with E-state index >= 15 is 0 Å². The molecule has 7 heteroatoms. The van der Waals surface area contributed by atoms with E-state index in [-0.39, 0.29) is 11.3 Å². The number of carbonyl (C=O) groups is 1. The molecular weight excluding hydrogens is 226 g/mol. The SMILES string of the molecule is CN(C)C(=O)/C(C#N)=C\c1ccc([N+](=O)[O-])o1. The molecule has 0 N–H and O–H groups in total. The van der Waals surface area contributed by atoms with Gasteiger partial charge in [-0.15, -0.1) is 0 Å². The molecule has 0 spiro atoms. The fourth-order valence-corrected chi connectivity index (χ4v) is 1.04. The van der Waals surface area contributed by atoms with Crippen LogP contribution in [0.4, 0.5) is 5.88 Å². The fraction of sp³-hybridized carbons (Fsp3) is 0.200. The molecule has 0 radical (unpaired) electrons. The van der Waals surface area contributed by atoms with Gasteiger partial charge in [0, 0.05) is 20.2 Å². The van der Waals surface area contributed by atoms with E-state index in [0.29, 0.717) is 0 Å². The van der Waals surface area contributed by atoms with Gasteiger partial charge in [-0.2, -0.15) is 5.26 Å². The minimum atomic E-state index is -0.697. The minimum Gasteiger partial charge on any atom is -0.401 e. The van der Waals surface area contributed by atoms with Crippen LogP contribution in [-0.2, 0) is 4.79 Å². The molecule has 1 amide bonds. The predicted molar refractivity (Wildman–Crippen MR) is 57.6 cm³/mol. The van der Waals surface area contributed by atoms with E-state index in [0.717, 1.165) is 12.1 Å². The minimum absolute atomic E-state index is 0.0865. The van der Waals surface area contributed by atoms with Crippen LogP contribution in [0.25, 0.3) is 6.08 Å². The molecule has 0 aliphatic rings. The van der Waals surface area contributed by atoms with E-state index in [1.807, 2.05) is 0 Å². The van der Waals surface area contributed by atoms with Crippen molar-refractivity contribution in [2.45, 2.75) is 0 Å². The lowest BCUT2D eigenvalue weighted by atomic mass is 10.2. The summed E-state index contributed by atoms with van der Waals surface area (Å²) in [4.78, 5) is 22.4. The molecule has 0 unspecified atom stereocenters. The van der Waals surface area contributed by atoms with E-state index < -0.39 is 16.7 Å². The van der Waals surface area contributed by atoms with Gasteiger partial charge in [-0.1, -0.05) is 0 Å². The van der Waals surface area contributed by atoms with Crippen LogP contribution in [0, 0.1) is 21.4 Å². The Kier molecular flexibility index (Phi) is 3.62. The smallest absolute Gasteiger partial charge is 0.401 e. The number of amides is 1. The standard InChI is InChI=1S/C10H9N3O4/c1-12(2)10(14)7(6-11)5-8-3-4-9(17-8)13(15)16/h3-5H,1-2H3/b7-5-. The van der Waals surface area contributed by atoms with Gasteiger partial charge in [0.1, 0.15) is 22.3 Å². The highest BCUT2D eigenvalue weighted by molar-refractivity contribution is 6.01. The number of hydrogen-bond donors (Lipinski definition) is 0. The quantitative estimate of drug-likeness (QED) is 0.339. The largest absolute Gasteiger partial charge is 0.433 e. The van der Waals surface area contributed by atoms with Gasteiger partial charge in [0.15, 0.2) is 0 Å². The Bertz CT molecular complexity index is 522. The first-order valence-electron chi connectivity index (χ1n) is 4.53. The van der Waals surface area contributed by atoms with E-state index in [4.69, 9.17) is 9.68 Å². The van der Waals surface area contributed by atoms with E-state index in [1.165, 1.54) is 25.1 Å². The van der Waals surface area contributed by atoms with Crippen LogP contribution in [0.15, 0.2) is 22.1 Å². The molecule has 1 aromatic rings. The van der Waals surface area contributed by atoms with E-state index in [1.54, 1.807) is 6.07 Å². The molecule has 0 atom stereocenters. The zero-order valence-corrected chi connectivity index (χ0v) is 9.21. The lowest BCUT2D eigenvalue weighted by Crippen LogP contribution is -2.22. The summed E-state index contributed by atoms with van der Waals surface area (Å²) < 4.78 is 4.81. The Labute approximate surface area is 96.7 Å². The second-order valence-electron chi connectivity index (χ2n) is 3.30. The molecule has 0 aliphatic carbocycles. The maximum Gasteiger partial charge on any atom is 0.433 e. The second-order valence-corrected chi connectivity index (χ2v) is 3.30. The number of nitriles is 1. The summed E-state index contributed by atoms with van der Waals surface area (Å²) in [7, 11) is 3.00. The van der Waals surface area contributed by atoms with Crippen molar-refractivity contribution in [3.05, 3.63) is 33.6 Å². The highest BCUT2D eigenvalue weighted by Crippen LogP contribution is 2.18. The lowest BCUT2D eigenvalue weighted by molar-refractivity contribution is -0.402. The van der Waals surface area contributed by atoms with Crippen molar-refractivity contribution in [1.82, 2.24) is 4.90 Å². The van der Waals surface area contributed by atoms with Gasteiger partial charge in [-0.3, -0.25) is 14.9 Å². The Balaban J connectivity index is 3.04. The lowest BCUT2D eigenvalue weighted by Gasteiger charge is -2.07. The van der Waals surface area contributed by atoms with Gasteiger partial charge in [0.2, 0.25) is 0 Å². The first kappa shape index (κ1) is 12.4. The van der Waals surface area contributed by atoms with Crippen molar-refractivity contribution >= 4 is 17.9 Å². The van der Waals surface area contributed by atoms with Gasteiger partial charge in [-0.05, 0) is 6.07 Å². The number of rotatable bonds is 3. The van der Waals surface area contributed by atoms with E-state index in [2.05, 4.69) is 0 Å². The topological polar surface area (TPSA) is 100 Å². The summed E-state index contributed by atoms with van der Waals surface area (Å²) in [6.07, 6.45) is 1.16. The maximum absolute atomic E-state index is 11.5. The van der Waals surface area contributed by atoms with Crippen molar-refractivity contribution in [3.63, 3.8) is 0 Å². The van der Waals surface area contributed by atoms with Crippen LogP contribution >= 0.6 is 0 Å². The van der Waals surface area contributed by atoms with Crippen LogP contribution in [0.5, 0.6) is 0 Å². The molecule has 0 fully saturated rings. The molecule has 7 nitrogen and oxygen atoms in total. The van der Waals surface area contributed by atoms with Gasteiger partial charge in [0.05, 0.1) is 6.07 Å². The number of nitro groups is 1. The van der Waals surface area contributed by atoms with Crippen molar-refractivity contribution < 1.29 is 14.1 Å². The number of furan rings is 1. The van der Waals surface area contributed by atoms with Crippen molar-refractivity contribution in [2.24, 2.45) is 0 Å². The fourth-order valence-electron chi connectivity index (χ4n) is 1.04. The summed E-state index contributed by atoms with van der Waals surface area (Å²) in [6.45, 7) is 0. The Morgan fingerprint density at radius 1 is 1.59 bits per heavy atom. The average Bonchev–Trinajstić information content (AvgIpc) is 2.73. The Morgan fingerprint density at radius 2 is 2.24 bits per heavy atom. The molecule has 88 valence electrons. The third-order valence-electron chi connectivity index (χ3n) is 1.84. The van der Waals surface area contributed by atoms with Crippen LogP contribution in [-0.4, -0.2) is 29.8 Å². The maximum atomic E-state index is 11.5. The van der Waals surface area contributed by atoms with Crippen molar-refractivity contribution in [2.75, 3.05) is 14.1 Å². The van der Waals surface area contributed by atoms with Crippen LogP contribution < -0.4 is 0 Å². The van der Waals surface area contributed by atoms with Gasteiger partial charge >= 0.3 is 5.88 Å². The molecule has 1 aromatic heterocycles. The monoisotopic (exact) mass is 235 g/mol. The third-order valence-corrected chi connectivity index (χ3v) is 1.84. The molecule has 0 bridgehead atoms. The van der Waals surface area contributed by atoms with Crippen molar-refractivity contribution in [3.8, 4) is 6.07 Å². The van der Waals surface area contributed by atoms with Crippen LogP contribution in [0.2, 0.25) is 0 Å². The van der Waals surface area contributed by atoms with Crippen molar-refractivity contribution in [1.29, 1.82) is 5.26 Å². The van der Waals surface area contributed by atoms with Gasteiger partial charge in [0.25, 0.3) is 5.91 Å². The van der Waals surface area contributed by atoms with E-state index in [9.17, 15) is 14.9 Å². The highest BCUT2D eigenvalue weighted by atomic mass is 16.6. The zero-order valence-electron chi connectivity index (χ0n) is 9.21. The molecular formula is C10H9N3O4. The van der Waals surface area contributed by atoms with Gasteiger partial charge in [-0.25, -0.2) is 0 Å². The summed E-state index contributed by atoms with van der Waals surface area (Å²) in [5, 5.41) is 19.1. The first-order chi connectivity index (χ1) is 7.95. The van der Waals surface area contributed by atoms with Crippen LogP contribution in [0.3, 0.4) is 0 Å². The van der Waals surface area contributed by atoms with Gasteiger partial charge < -0.3 is 9.32 Å². The summed E-state index contributed by atoms with van der Waals surface area (Å²) in [5.41, 5.74) is -0.153. The molecule has 17 heavy (non-hydrogen) atoms.